The second-order valence-electron chi connectivity index (χ2n) is 10.0. The van der Waals surface area contributed by atoms with E-state index in [-0.39, 0.29) is 36.1 Å². The number of ether oxygens (including phenoxy) is 3. The van der Waals surface area contributed by atoms with E-state index in [4.69, 9.17) is 14.2 Å². The lowest BCUT2D eigenvalue weighted by Gasteiger charge is -2.27. The summed E-state index contributed by atoms with van der Waals surface area (Å²) < 4.78 is 49.4. The van der Waals surface area contributed by atoms with Crippen LogP contribution in [0, 0.1) is 11.6 Å². The molecule has 194 valence electrons. The minimum absolute atomic E-state index is 0.0137. The zero-order valence-corrected chi connectivity index (χ0v) is 20.5. The van der Waals surface area contributed by atoms with Crippen molar-refractivity contribution in [1.29, 1.82) is 0 Å². The Morgan fingerprint density at radius 1 is 1.24 bits per heavy atom. The molecule has 2 aromatic carbocycles. The topological polar surface area (TPSA) is 98.6 Å². The number of aromatic nitrogens is 3. The quantitative estimate of drug-likeness (QED) is 0.390. The Morgan fingerprint density at radius 3 is 2.73 bits per heavy atom. The first-order valence-electron chi connectivity index (χ1n) is 12.3. The monoisotopic (exact) mass is 511 g/mol. The Labute approximate surface area is 211 Å². The lowest BCUT2D eigenvalue weighted by molar-refractivity contribution is -0.157. The standard InChI is InChI=1S/C27H27F2N3O5/c1-27(26(33)34)11-16(13-37-27)21-22-19(9-15-12-30-31-24(15)23(22)29)32(25(21)14-5-7-36-8-6-14)17-3-4-18(28)20(10-17)35-2/h3-4,9-10,12,14,16H,5-8,11,13H2,1-2H3,(H,30,31)(H,33,34)/t16?,27-/m1/s1. The van der Waals surface area contributed by atoms with Gasteiger partial charge in [-0.05, 0) is 49.9 Å². The second kappa shape index (κ2) is 8.81. The Bertz CT molecular complexity index is 1520. The molecule has 6 rings (SSSR count). The van der Waals surface area contributed by atoms with E-state index in [0.29, 0.717) is 48.0 Å². The number of carboxylic acids is 1. The van der Waals surface area contributed by atoms with Gasteiger partial charge in [0.25, 0.3) is 0 Å². The van der Waals surface area contributed by atoms with E-state index in [1.54, 1.807) is 25.3 Å². The van der Waals surface area contributed by atoms with Crippen LogP contribution in [0.15, 0.2) is 30.5 Å². The fraction of sp³-hybridized carbons (Fsp3) is 0.407. The molecule has 0 bridgehead atoms. The smallest absolute Gasteiger partial charge is 0.335 e. The third kappa shape index (κ3) is 3.69. The number of carbonyl (C=O) groups is 1. The van der Waals surface area contributed by atoms with Crippen molar-refractivity contribution in [2.24, 2.45) is 0 Å². The van der Waals surface area contributed by atoms with E-state index < -0.39 is 23.2 Å². The fourth-order valence-corrected chi connectivity index (χ4v) is 5.91. The number of rotatable bonds is 5. The van der Waals surface area contributed by atoms with Crippen LogP contribution in [-0.4, -0.2) is 58.4 Å². The van der Waals surface area contributed by atoms with Gasteiger partial charge in [-0.2, -0.15) is 5.10 Å². The van der Waals surface area contributed by atoms with Crippen LogP contribution in [0.5, 0.6) is 5.75 Å². The maximum Gasteiger partial charge on any atom is 0.335 e. The van der Waals surface area contributed by atoms with Crippen LogP contribution >= 0.6 is 0 Å². The molecule has 0 radical (unpaired) electrons. The molecule has 8 nitrogen and oxygen atoms in total. The van der Waals surface area contributed by atoms with E-state index >= 15 is 4.39 Å². The van der Waals surface area contributed by atoms with Gasteiger partial charge in [-0.3, -0.25) is 5.10 Å². The highest BCUT2D eigenvalue weighted by Gasteiger charge is 2.46. The van der Waals surface area contributed by atoms with Gasteiger partial charge in [0.2, 0.25) is 0 Å². The Hall–Kier alpha value is -3.50. The molecule has 10 heteroatoms. The lowest BCUT2D eigenvalue weighted by Crippen LogP contribution is -2.34. The van der Waals surface area contributed by atoms with E-state index in [0.717, 1.165) is 11.3 Å². The van der Waals surface area contributed by atoms with Crippen molar-refractivity contribution in [2.45, 2.75) is 43.6 Å². The molecular formula is C27H27F2N3O5. The van der Waals surface area contributed by atoms with Crippen LogP contribution in [0.3, 0.4) is 0 Å². The van der Waals surface area contributed by atoms with Gasteiger partial charge < -0.3 is 23.9 Å². The van der Waals surface area contributed by atoms with Gasteiger partial charge in [-0.25, -0.2) is 13.6 Å². The number of halogens is 2. The van der Waals surface area contributed by atoms with E-state index in [1.807, 2.05) is 10.6 Å². The molecule has 4 aromatic rings. The molecule has 2 atom stereocenters. The van der Waals surface area contributed by atoms with Crippen LogP contribution in [0.4, 0.5) is 8.78 Å². The summed E-state index contributed by atoms with van der Waals surface area (Å²) >= 11 is 0. The highest BCUT2D eigenvalue weighted by atomic mass is 19.1. The minimum atomic E-state index is -1.38. The number of benzene rings is 2. The molecule has 2 aliphatic rings. The predicted molar refractivity (Wildman–Crippen MR) is 132 cm³/mol. The number of nitrogens with zero attached hydrogens (tertiary/aromatic N) is 2. The van der Waals surface area contributed by atoms with Crippen LogP contribution in [0.25, 0.3) is 27.5 Å². The first-order valence-corrected chi connectivity index (χ1v) is 12.3. The zero-order chi connectivity index (χ0) is 25.9. The Kier molecular flexibility index (Phi) is 5.68. The van der Waals surface area contributed by atoms with Crippen molar-refractivity contribution < 1.29 is 32.9 Å². The zero-order valence-electron chi connectivity index (χ0n) is 20.5. The largest absolute Gasteiger partial charge is 0.494 e. The Balaban J connectivity index is 1.70. The summed E-state index contributed by atoms with van der Waals surface area (Å²) in [7, 11) is 1.40. The van der Waals surface area contributed by atoms with Crippen molar-refractivity contribution >= 4 is 27.8 Å². The highest BCUT2D eigenvalue weighted by molar-refractivity contribution is 6.00. The summed E-state index contributed by atoms with van der Waals surface area (Å²) in [6.45, 7) is 2.81. The van der Waals surface area contributed by atoms with Gasteiger partial charge in [0.1, 0.15) is 5.52 Å². The SMILES string of the molecule is COc1cc(-n2c(C3CCOCC3)c(C3CO[C@@](C)(C(=O)O)C3)c3c(F)c4[nH]ncc4cc32)ccc1F. The normalized spacial score (nSPS) is 22.8. The minimum Gasteiger partial charge on any atom is -0.494 e. The van der Waals surface area contributed by atoms with Gasteiger partial charge in [0.05, 0.1) is 25.4 Å². The van der Waals surface area contributed by atoms with E-state index in [1.165, 1.54) is 13.2 Å². The highest BCUT2D eigenvalue weighted by Crippen LogP contribution is 2.48. The van der Waals surface area contributed by atoms with E-state index in [9.17, 15) is 14.3 Å². The average Bonchev–Trinajstić information content (AvgIpc) is 3.61. The second-order valence-corrected chi connectivity index (χ2v) is 10.0. The molecule has 1 unspecified atom stereocenters. The number of fused-ring (bicyclic) bond motifs is 2. The predicted octanol–water partition coefficient (Wildman–Crippen LogP) is 5.03. The summed E-state index contributed by atoms with van der Waals surface area (Å²) in [5, 5.41) is 17.6. The maximum absolute atomic E-state index is 16.3. The van der Waals surface area contributed by atoms with Gasteiger partial charge >= 0.3 is 5.97 Å². The molecule has 2 fully saturated rings. The summed E-state index contributed by atoms with van der Waals surface area (Å²) in [6.07, 6.45) is 3.19. The van der Waals surface area contributed by atoms with Crippen molar-refractivity contribution in [3.63, 3.8) is 0 Å². The average molecular weight is 512 g/mol. The van der Waals surface area contributed by atoms with Gasteiger partial charge in [0.15, 0.2) is 23.0 Å². The molecule has 2 N–H and O–H groups in total. The van der Waals surface area contributed by atoms with Crippen LogP contribution in [0.2, 0.25) is 0 Å². The van der Waals surface area contributed by atoms with E-state index in [2.05, 4.69) is 10.2 Å². The molecule has 0 aliphatic carbocycles. The van der Waals surface area contributed by atoms with Crippen molar-refractivity contribution in [2.75, 3.05) is 26.9 Å². The summed E-state index contributed by atoms with van der Waals surface area (Å²) in [6, 6.07) is 6.45. The third-order valence-electron chi connectivity index (χ3n) is 7.78. The number of hydrogen-bond acceptors (Lipinski definition) is 5. The molecule has 0 amide bonds. The van der Waals surface area contributed by atoms with Gasteiger partial charge in [-0.15, -0.1) is 0 Å². The first kappa shape index (κ1) is 23.9. The van der Waals surface area contributed by atoms with Gasteiger partial charge in [-0.1, -0.05) is 0 Å². The van der Waals surface area contributed by atoms with Crippen LogP contribution < -0.4 is 4.74 Å². The summed E-state index contributed by atoms with van der Waals surface area (Å²) in [4.78, 5) is 12.0. The fourth-order valence-electron chi connectivity index (χ4n) is 5.91. The molecule has 2 aliphatic heterocycles. The van der Waals surface area contributed by atoms with Crippen molar-refractivity contribution in [1.82, 2.24) is 14.8 Å². The number of nitrogens with one attached hydrogen (secondary N) is 1. The Morgan fingerprint density at radius 2 is 2.03 bits per heavy atom. The third-order valence-corrected chi connectivity index (χ3v) is 7.78. The van der Waals surface area contributed by atoms with Crippen LogP contribution in [-0.2, 0) is 14.3 Å². The molecule has 0 spiro atoms. The number of carboxylic acid groups (broad SMARTS) is 1. The number of H-pyrrole nitrogens is 1. The molecule has 37 heavy (non-hydrogen) atoms. The first-order chi connectivity index (χ1) is 17.8. The maximum atomic E-state index is 16.3. The lowest BCUT2D eigenvalue weighted by atomic mass is 9.84. The summed E-state index contributed by atoms with van der Waals surface area (Å²) in [5.74, 6) is -2.28. The number of hydrogen-bond donors (Lipinski definition) is 2. The molecule has 2 saturated heterocycles. The summed E-state index contributed by atoms with van der Waals surface area (Å²) in [5.41, 5.74) is 1.72. The number of methoxy groups -OCH3 is 1. The van der Waals surface area contributed by atoms with Crippen molar-refractivity contribution in [3.8, 4) is 11.4 Å². The van der Waals surface area contributed by atoms with Crippen LogP contribution in [0.1, 0.15) is 49.3 Å². The van der Waals surface area contributed by atoms with Gasteiger partial charge in [0, 0.05) is 53.3 Å². The molecule has 0 saturated carbocycles. The molecule has 4 heterocycles. The molecular weight excluding hydrogens is 484 g/mol. The number of aliphatic carboxylic acids is 1. The van der Waals surface area contributed by atoms with Crippen molar-refractivity contribution in [3.05, 3.63) is 53.4 Å². The number of aromatic amines is 1. The molecule has 2 aromatic heterocycles.